The van der Waals surface area contributed by atoms with Gasteiger partial charge in [0.1, 0.15) is 11.9 Å². The molecule has 0 spiro atoms. The Morgan fingerprint density at radius 1 is 1.13 bits per heavy atom. The summed E-state index contributed by atoms with van der Waals surface area (Å²) in [4.78, 5) is 15.2. The van der Waals surface area contributed by atoms with Crippen LogP contribution in [0.15, 0.2) is 54.7 Å². The van der Waals surface area contributed by atoms with Crippen molar-refractivity contribution in [3.8, 4) is 5.69 Å². The molecule has 3 aromatic rings. The maximum Gasteiger partial charge on any atom is 0.257 e. The standard InChI is InChI=1S/C24H26FN3O2/c1-16(2)23-21(14-26-28(23)20-10-4-17(3)5-11-20)24(29)27-12-13-30-22(15-27)18-6-8-19(25)9-7-18/h4-11,14,16,22H,12-13,15H2,1-3H3. The van der Waals surface area contributed by atoms with Gasteiger partial charge in [-0.25, -0.2) is 9.07 Å². The molecule has 1 atom stereocenters. The summed E-state index contributed by atoms with van der Waals surface area (Å²) in [6.45, 7) is 7.57. The van der Waals surface area contributed by atoms with Crippen molar-refractivity contribution in [3.63, 3.8) is 0 Å². The van der Waals surface area contributed by atoms with E-state index in [4.69, 9.17) is 4.74 Å². The minimum Gasteiger partial charge on any atom is -0.370 e. The minimum atomic E-state index is -0.285. The number of benzene rings is 2. The van der Waals surface area contributed by atoms with E-state index in [-0.39, 0.29) is 23.7 Å². The first-order valence-electron chi connectivity index (χ1n) is 10.3. The molecular weight excluding hydrogens is 381 g/mol. The first-order chi connectivity index (χ1) is 14.4. The second kappa shape index (κ2) is 8.40. The van der Waals surface area contributed by atoms with Gasteiger partial charge >= 0.3 is 0 Å². The van der Waals surface area contributed by atoms with Crippen molar-refractivity contribution in [3.05, 3.63) is 82.9 Å². The molecule has 1 fully saturated rings. The van der Waals surface area contributed by atoms with Crippen molar-refractivity contribution in [1.82, 2.24) is 14.7 Å². The van der Waals surface area contributed by atoms with E-state index in [0.29, 0.717) is 25.3 Å². The molecule has 0 N–H and O–H groups in total. The highest BCUT2D eigenvalue weighted by Crippen LogP contribution is 2.27. The van der Waals surface area contributed by atoms with Crippen LogP contribution in [0.3, 0.4) is 0 Å². The zero-order valence-electron chi connectivity index (χ0n) is 17.5. The van der Waals surface area contributed by atoms with Crippen LogP contribution in [-0.4, -0.2) is 40.3 Å². The van der Waals surface area contributed by atoms with Crippen LogP contribution in [0.1, 0.15) is 53.0 Å². The Hall–Kier alpha value is -2.99. The monoisotopic (exact) mass is 407 g/mol. The summed E-state index contributed by atoms with van der Waals surface area (Å²) in [6.07, 6.45) is 1.40. The molecule has 156 valence electrons. The summed E-state index contributed by atoms with van der Waals surface area (Å²) in [5.74, 6) is -0.207. The minimum absolute atomic E-state index is 0.0486. The Labute approximate surface area is 176 Å². The number of rotatable bonds is 4. The fraction of sp³-hybridized carbons (Fsp3) is 0.333. The van der Waals surface area contributed by atoms with Crippen LogP contribution in [-0.2, 0) is 4.74 Å². The number of carbonyl (C=O) groups excluding carboxylic acids is 1. The van der Waals surface area contributed by atoms with Gasteiger partial charge in [-0.1, -0.05) is 43.7 Å². The fourth-order valence-electron chi connectivity index (χ4n) is 3.85. The third-order valence-corrected chi connectivity index (χ3v) is 5.46. The van der Waals surface area contributed by atoms with Gasteiger partial charge in [-0.05, 0) is 42.7 Å². The van der Waals surface area contributed by atoms with Gasteiger partial charge in [-0.2, -0.15) is 5.10 Å². The lowest BCUT2D eigenvalue weighted by Crippen LogP contribution is -2.42. The van der Waals surface area contributed by atoms with Crippen LogP contribution in [0.4, 0.5) is 4.39 Å². The highest BCUT2D eigenvalue weighted by molar-refractivity contribution is 5.95. The quantitative estimate of drug-likeness (QED) is 0.632. The molecule has 1 aliphatic heterocycles. The van der Waals surface area contributed by atoms with E-state index in [0.717, 1.165) is 16.9 Å². The van der Waals surface area contributed by atoms with Gasteiger partial charge in [0, 0.05) is 6.54 Å². The van der Waals surface area contributed by atoms with Crippen LogP contribution in [0.2, 0.25) is 0 Å². The summed E-state index contributed by atoms with van der Waals surface area (Å²) in [6, 6.07) is 14.4. The molecule has 1 amide bonds. The van der Waals surface area contributed by atoms with Crippen LogP contribution < -0.4 is 0 Å². The highest BCUT2D eigenvalue weighted by Gasteiger charge is 2.30. The van der Waals surface area contributed by atoms with Crippen molar-refractivity contribution in [2.75, 3.05) is 19.7 Å². The number of ether oxygens (including phenoxy) is 1. The van der Waals surface area contributed by atoms with E-state index in [2.05, 4.69) is 18.9 Å². The molecule has 2 heterocycles. The number of aryl methyl sites for hydroxylation is 1. The van der Waals surface area contributed by atoms with Gasteiger partial charge in [-0.15, -0.1) is 0 Å². The zero-order chi connectivity index (χ0) is 21.3. The molecular formula is C24H26FN3O2. The van der Waals surface area contributed by atoms with Crippen molar-refractivity contribution in [2.45, 2.75) is 32.8 Å². The Balaban J connectivity index is 1.61. The molecule has 1 aromatic heterocycles. The Kier molecular flexibility index (Phi) is 5.68. The third kappa shape index (κ3) is 4.00. The van der Waals surface area contributed by atoms with Gasteiger partial charge in [0.05, 0.1) is 36.3 Å². The first-order valence-corrected chi connectivity index (χ1v) is 10.3. The molecule has 2 aromatic carbocycles. The average molecular weight is 407 g/mol. The van der Waals surface area contributed by atoms with Crippen molar-refractivity contribution >= 4 is 5.91 Å². The summed E-state index contributed by atoms with van der Waals surface area (Å²) >= 11 is 0. The molecule has 0 bridgehead atoms. The third-order valence-electron chi connectivity index (χ3n) is 5.46. The Morgan fingerprint density at radius 3 is 2.50 bits per heavy atom. The summed E-state index contributed by atoms with van der Waals surface area (Å²) < 4.78 is 21.0. The Morgan fingerprint density at radius 2 is 1.83 bits per heavy atom. The number of halogens is 1. The van der Waals surface area contributed by atoms with Crippen molar-refractivity contribution in [2.24, 2.45) is 0 Å². The summed E-state index contributed by atoms with van der Waals surface area (Å²) in [5, 5.41) is 4.54. The molecule has 30 heavy (non-hydrogen) atoms. The summed E-state index contributed by atoms with van der Waals surface area (Å²) in [7, 11) is 0. The molecule has 4 rings (SSSR count). The number of nitrogens with zero attached hydrogens (tertiary/aromatic N) is 3. The normalized spacial score (nSPS) is 16.8. The number of aromatic nitrogens is 2. The summed E-state index contributed by atoms with van der Waals surface area (Å²) in [5.41, 5.74) is 4.50. The maximum atomic E-state index is 13.4. The number of hydrogen-bond acceptors (Lipinski definition) is 3. The number of morpholine rings is 1. The van der Waals surface area contributed by atoms with E-state index < -0.39 is 0 Å². The first kappa shape index (κ1) is 20.3. The number of hydrogen-bond donors (Lipinski definition) is 0. The van der Waals surface area contributed by atoms with Gasteiger partial charge in [0.15, 0.2) is 0 Å². The molecule has 1 aliphatic rings. The molecule has 0 aliphatic carbocycles. The van der Waals surface area contributed by atoms with Crippen LogP contribution in [0.5, 0.6) is 0 Å². The molecule has 0 radical (unpaired) electrons. The van der Waals surface area contributed by atoms with Crippen molar-refractivity contribution in [1.29, 1.82) is 0 Å². The molecule has 1 saturated heterocycles. The van der Waals surface area contributed by atoms with E-state index in [1.807, 2.05) is 35.9 Å². The van der Waals surface area contributed by atoms with E-state index in [9.17, 15) is 9.18 Å². The second-order valence-electron chi connectivity index (χ2n) is 8.01. The predicted octanol–water partition coefficient (Wildman–Crippen LogP) is 4.66. The number of amides is 1. The zero-order valence-corrected chi connectivity index (χ0v) is 17.5. The van der Waals surface area contributed by atoms with E-state index >= 15 is 0 Å². The molecule has 5 nitrogen and oxygen atoms in total. The van der Waals surface area contributed by atoms with Gasteiger partial charge in [-0.3, -0.25) is 4.79 Å². The largest absolute Gasteiger partial charge is 0.370 e. The van der Waals surface area contributed by atoms with Crippen LogP contribution in [0, 0.1) is 12.7 Å². The number of carbonyl (C=O) groups is 1. The molecule has 6 heteroatoms. The van der Waals surface area contributed by atoms with E-state index in [1.165, 1.54) is 17.7 Å². The lowest BCUT2D eigenvalue weighted by Gasteiger charge is -2.33. The lowest BCUT2D eigenvalue weighted by atomic mass is 10.0. The Bertz CT molecular complexity index is 1030. The van der Waals surface area contributed by atoms with E-state index in [1.54, 1.807) is 23.2 Å². The topological polar surface area (TPSA) is 47.4 Å². The second-order valence-corrected chi connectivity index (χ2v) is 8.01. The van der Waals surface area contributed by atoms with Crippen LogP contribution in [0.25, 0.3) is 5.69 Å². The lowest BCUT2D eigenvalue weighted by molar-refractivity contribution is -0.0229. The molecule has 0 saturated carbocycles. The average Bonchev–Trinajstić information content (AvgIpc) is 3.20. The SMILES string of the molecule is Cc1ccc(-n2ncc(C(=O)N3CCOC(c4ccc(F)cc4)C3)c2C(C)C)cc1. The molecule has 1 unspecified atom stereocenters. The smallest absolute Gasteiger partial charge is 0.257 e. The van der Waals surface area contributed by atoms with Crippen LogP contribution >= 0.6 is 0 Å². The van der Waals surface area contributed by atoms with Gasteiger partial charge in [0.2, 0.25) is 0 Å². The van der Waals surface area contributed by atoms with Gasteiger partial charge < -0.3 is 9.64 Å². The highest BCUT2D eigenvalue weighted by atomic mass is 19.1. The maximum absolute atomic E-state index is 13.4. The predicted molar refractivity (Wildman–Crippen MR) is 113 cm³/mol. The van der Waals surface area contributed by atoms with Crippen molar-refractivity contribution < 1.29 is 13.9 Å². The fourth-order valence-corrected chi connectivity index (χ4v) is 3.85. The van der Waals surface area contributed by atoms with Gasteiger partial charge in [0.25, 0.3) is 5.91 Å².